The predicted molar refractivity (Wildman–Crippen MR) is 62.3 cm³/mol. The number of sulfonamides is 1. The van der Waals surface area contributed by atoms with E-state index in [0.29, 0.717) is 0 Å². The highest BCUT2D eigenvalue weighted by Gasteiger charge is 2.20. The summed E-state index contributed by atoms with van der Waals surface area (Å²) in [6.07, 6.45) is 4.00. The molecule has 1 saturated heterocycles. The maximum Gasteiger partial charge on any atom is 0.226 e. The minimum Gasteiger partial charge on any atom is -0.313 e. The van der Waals surface area contributed by atoms with Crippen molar-refractivity contribution in [2.24, 2.45) is 0 Å². The lowest BCUT2D eigenvalue weighted by atomic mass is 10.1. The van der Waals surface area contributed by atoms with Gasteiger partial charge in [-0.2, -0.15) is 0 Å². The van der Waals surface area contributed by atoms with Gasteiger partial charge in [0, 0.05) is 18.8 Å². The van der Waals surface area contributed by atoms with Crippen molar-refractivity contribution in [2.45, 2.75) is 25.3 Å². The molecule has 0 spiro atoms. The molecule has 0 aliphatic carbocycles. The molecule has 0 saturated carbocycles. The van der Waals surface area contributed by atoms with E-state index < -0.39 is 24.9 Å². The third-order valence-electron chi connectivity index (χ3n) is 2.33. The van der Waals surface area contributed by atoms with Crippen molar-refractivity contribution >= 4 is 19.9 Å². The van der Waals surface area contributed by atoms with Crippen LogP contribution in [0.2, 0.25) is 0 Å². The van der Waals surface area contributed by atoms with Crippen molar-refractivity contribution in [1.29, 1.82) is 0 Å². The molecule has 1 unspecified atom stereocenters. The molecule has 1 fully saturated rings. The van der Waals surface area contributed by atoms with Gasteiger partial charge >= 0.3 is 0 Å². The van der Waals surface area contributed by atoms with Crippen LogP contribution in [0, 0.1) is 0 Å². The molecular formula is C8H18N2O4S2. The number of hydrogen-bond donors (Lipinski definition) is 2. The molecule has 1 rings (SSSR count). The van der Waals surface area contributed by atoms with E-state index in [4.69, 9.17) is 0 Å². The first-order valence-corrected chi connectivity index (χ1v) is 8.88. The van der Waals surface area contributed by atoms with Crippen molar-refractivity contribution in [3.63, 3.8) is 0 Å². The Kier molecular flexibility index (Phi) is 4.72. The second kappa shape index (κ2) is 5.44. The molecule has 0 aromatic carbocycles. The van der Waals surface area contributed by atoms with Crippen molar-refractivity contribution in [1.82, 2.24) is 10.0 Å². The first kappa shape index (κ1) is 13.9. The second-order valence-electron chi connectivity index (χ2n) is 4.15. The van der Waals surface area contributed by atoms with Gasteiger partial charge in [-0.25, -0.2) is 21.6 Å². The fourth-order valence-electron chi connectivity index (χ4n) is 1.65. The zero-order valence-electron chi connectivity index (χ0n) is 9.27. The van der Waals surface area contributed by atoms with Crippen LogP contribution in [0.1, 0.15) is 19.3 Å². The molecule has 0 bridgehead atoms. The van der Waals surface area contributed by atoms with E-state index >= 15 is 0 Å². The fourth-order valence-corrected chi connectivity index (χ4v) is 4.69. The summed E-state index contributed by atoms with van der Waals surface area (Å²) in [5.74, 6) is 0. The van der Waals surface area contributed by atoms with Gasteiger partial charge in [0.05, 0.1) is 0 Å². The van der Waals surface area contributed by atoms with E-state index in [0.717, 1.165) is 32.1 Å². The van der Waals surface area contributed by atoms with Gasteiger partial charge in [0.1, 0.15) is 0 Å². The minimum absolute atomic E-state index is 0.114. The number of hydrogen-bond acceptors (Lipinski definition) is 5. The third-order valence-corrected chi connectivity index (χ3v) is 5.89. The maximum atomic E-state index is 11.4. The summed E-state index contributed by atoms with van der Waals surface area (Å²) >= 11 is 0. The largest absolute Gasteiger partial charge is 0.313 e. The standard InChI is InChI=1S/C8H18N2O4S2/c1-15(11,12)7-16(13,14)10-6-8-4-2-3-5-9-8/h8-10H,2-7H2,1H3. The van der Waals surface area contributed by atoms with E-state index in [1.165, 1.54) is 0 Å². The molecular weight excluding hydrogens is 252 g/mol. The normalized spacial score (nSPS) is 23.2. The quantitative estimate of drug-likeness (QED) is 0.672. The van der Waals surface area contributed by atoms with Crippen molar-refractivity contribution in [2.75, 3.05) is 24.4 Å². The van der Waals surface area contributed by atoms with Crippen LogP contribution >= 0.6 is 0 Å². The van der Waals surface area contributed by atoms with Gasteiger partial charge in [0.25, 0.3) is 0 Å². The lowest BCUT2D eigenvalue weighted by Gasteiger charge is -2.23. The van der Waals surface area contributed by atoms with Gasteiger partial charge in [-0.15, -0.1) is 0 Å². The molecule has 0 amide bonds. The summed E-state index contributed by atoms with van der Waals surface area (Å²) < 4.78 is 46.8. The summed E-state index contributed by atoms with van der Waals surface area (Å²) in [6.45, 7) is 1.15. The van der Waals surface area contributed by atoms with Gasteiger partial charge in [0.15, 0.2) is 14.9 Å². The van der Waals surface area contributed by atoms with Gasteiger partial charge < -0.3 is 5.32 Å². The minimum atomic E-state index is -3.72. The van der Waals surface area contributed by atoms with Crippen molar-refractivity contribution in [3.05, 3.63) is 0 Å². The molecule has 1 aliphatic heterocycles. The maximum absolute atomic E-state index is 11.4. The van der Waals surface area contributed by atoms with Crippen molar-refractivity contribution in [3.8, 4) is 0 Å². The van der Waals surface area contributed by atoms with E-state index in [1.807, 2.05) is 0 Å². The summed E-state index contributed by atoms with van der Waals surface area (Å²) in [6, 6.07) is 0.114. The summed E-state index contributed by atoms with van der Waals surface area (Å²) in [7, 11) is -7.22. The number of rotatable bonds is 5. The first-order chi connectivity index (χ1) is 7.29. The van der Waals surface area contributed by atoms with Gasteiger partial charge in [-0.05, 0) is 19.4 Å². The fraction of sp³-hybridized carbons (Fsp3) is 1.00. The number of sulfone groups is 1. The van der Waals surface area contributed by atoms with E-state index in [2.05, 4.69) is 10.0 Å². The zero-order valence-corrected chi connectivity index (χ0v) is 10.9. The van der Waals surface area contributed by atoms with Crippen molar-refractivity contribution < 1.29 is 16.8 Å². The van der Waals surface area contributed by atoms with Crippen LogP contribution in [0.5, 0.6) is 0 Å². The SMILES string of the molecule is CS(=O)(=O)CS(=O)(=O)NCC1CCCCN1. The molecule has 1 heterocycles. The Morgan fingerprint density at radius 3 is 2.44 bits per heavy atom. The predicted octanol–water partition coefficient (Wildman–Crippen LogP) is -0.950. The Balaban J connectivity index is 2.41. The Hall–Kier alpha value is -0.180. The van der Waals surface area contributed by atoms with Crippen LogP contribution in [0.25, 0.3) is 0 Å². The van der Waals surface area contributed by atoms with E-state index in [1.54, 1.807) is 0 Å². The Labute approximate surface area is 96.8 Å². The molecule has 16 heavy (non-hydrogen) atoms. The molecule has 1 aliphatic rings. The third kappa shape index (κ3) is 5.78. The van der Waals surface area contributed by atoms with Crippen LogP contribution < -0.4 is 10.0 Å². The summed E-state index contributed by atoms with van der Waals surface area (Å²) in [4.78, 5) is 0. The zero-order chi connectivity index (χ0) is 12.2. The second-order valence-corrected chi connectivity index (χ2v) is 8.47. The van der Waals surface area contributed by atoms with Gasteiger partial charge in [0.2, 0.25) is 10.0 Å². The van der Waals surface area contributed by atoms with Crippen LogP contribution in [-0.4, -0.2) is 47.3 Å². The summed E-state index contributed by atoms with van der Waals surface area (Å²) in [5.41, 5.74) is 0. The van der Waals surface area contributed by atoms with Gasteiger partial charge in [-0.1, -0.05) is 6.42 Å². The Morgan fingerprint density at radius 2 is 1.94 bits per heavy atom. The average molecular weight is 270 g/mol. The average Bonchev–Trinajstić information content (AvgIpc) is 2.13. The van der Waals surface area contributed by atoms with Crippen LogP contribution in [-0.2, 0) is 19.9 Å². The molecule has 8 heteroatoms. The van der Waals surface area contributed by atoms with Crippen LogP contribution in [0.15, 0.2) is 0 Å². The lowest BCUT2D eigenvalue weighted by Crippen LogP contribution is -2.44. The molecule has 0 radical (unpaired) electrons. The molecule has 96 valence electrons. The monoisotopic (exact) mass is 270 g/mol. The highest BCUT2D eigenvalue weighted by Crippen LogP contribution is 2.06. The summed E-state index contributed by atoms with van der Waals surface area (Å²) in [5, 5.41) is 2.34. The van der Waals surface area contributed by atoms with Crippen LogP contribution in [0.3, 0.4) is 0 Å². The highest BCUT2D eigenvalue weighted by molar-refractivity contribution is 8.06. The Bertz CT molecular complexity index is 409. The number of piperidine rings is 1. The molecule has 0 aromatic rings. The van der Waals surface area contributed by atoms with Crippen LogP contribution in [0.4, 0.5) is 0 Å². The lowest BCUT2D eigenvalue weighted by molar-refractivity contribution is 0.398. The molecule has 1 atom stereocenters. The number of nitrogens with one attached hydrogen (secondary N) is 2. The first-order valence-electron chi connectivity index (χ1n) is 5.17. The molecule has 2 N–H and O–H groups in total. The highest BCUT2D eigenvalue weighted by atomic mass is 32.3. The molecule has 6 nitrogen and oxygen atoms in total. The smallest absolute Gasteiger partial charge is 0.226 e. The Morgan fingerprint density at radius 1 is 1.25 bits per heavy atom. The van der Waals surface area contributed by atoms with E-state index in [-0.39, 0.29) is 12.6 Å². The topological polar surface area (TPSA) is 92.3 Å². The molecule has 0 aromatic heterocycles. The van der Waals surface area contributed by atoms with Gasteiger partial charge in [-0.3, -0.25) is 0 Å². The van der Waals surface area contributed by atoms with E-state index in [9.17, 15) is 16.8 Å².